The second-order valence-electron chi connectivity index (χ2n) is 20.6. The first-order valence-corrected chi connectivity index (χ1v) is 29.8. The lowest BCUT2D eigenvalue weighted by Crippen LogP contribution is -2.56. The molecule has 0 aliphatic carbocycles. The van der Waals surface area contributed by atoms with E-state index in [1.165, 1.54) is 25.1 Å². The van der Waals surface area contributed by atoms with Crippen molar-refractivity contribution in [2.24, 2.45) is 17.2 Å². The monoisotopic (exact) mass is 1440 g/mol. The van der Waals surface area contributed by atoms with Crippen LogP contribution in [0.3, 0.4) is 0 Å². The van der Waals surface area contributed by atoms with Crippen molar-refractivity contribution in [3.05, 3.63) is 94.8 Å². The number of fused-ring (bicyclic) bond motifs is 5. The number of carboxylic acids is 4. The Labute approximate surface area is 552 Å². The second kappa shape index (κ2) is 38.5. The molecule has 5 atom stereocenters. The van der Waals surface area contributed by atoms with Crippen LogP contribution in [0, 0.1) is 18.3 Å². The molecule has 536 valence electrons. The van der Waals surface area contributed by atoms with Gasteiger partial charge in [0.25, 0.3) is 5.91 Å². The quantitative estimate of drug-likeness (QED) is 0.0291. The number of likely N-dealkylation sites (N-methyl/N-ethyl adjacent to an activating group) is 1. The Morgan fingerprint density at radius 3 is 1.64 bits per heavy atom. The fourth-order valence-electron chi connectivity index (χ4n) is 7.37. The number of carboxylic acid groups (broad SMARTS) is 4. The highest BCUT2D eigenvalue weighted by molar-refractivity contribution is 8.77. The average Bonchev–Trinajstić information content (AvgIpc) is 0.786. The summed E-state index contributed by atoms with van der Waals surface area (Å²) in [4.78, 5) is 116. The molecular weight excluding hydrogens is 1370 g/mol. The number of hydrogen-bond acceptors (Lipinski definition) is 19. The van der Waals surface area contributed by atoms with Gasteiger partial charge in [-0.25, -0.2) is 29.1 Å². The minimum absolute atomic E-state index is 0.000554. The third-order valence-electron chi connectivity index (χ3n) is 11.9. The van der Waals surface area contributed by atoms with Crippen LogP contribution in [0.4, 0.5) is 52.7 Å². The number of alkyl halides is 12. The molecule has 0 spiro atoms. The van der Waals surface area contributed by atoms with Crippen LogP contribution in [0.5, 0.6) is 11.5 Å². The number of halogens is 12. The Morgan fingerprint density at radius 2 is 1.21 bits per heavy atom. The van der Waals surface area contributed by atoms with E-state index < -0.39 is 102 Å². The van der Waals surface area contributed by atoms with Crippen LogP contribution in [0.15, 0.2) is 66.9 Å². The van der Waals surface area contributed by atoms with E-state index >= 15 is 0 Å². The SMILES string of the molecule is Cc1nc(-c2ccc([C@H](C)SSC(C)(C)C)cc2)ncc1C(=O)N[C@@H](CCN)C(=O)N(C)[C@@H]1C(=O)N[C@@H](C)C(=O)N[C@H](C(=O)NCC#N)Cc2ccc(OCCN)c(c2)-c2cc1ccc2OCCN.O=C(O)C(F)(F)F.O=C(O)C(F)(F)F.O=C(O)C(F)(F)F.O=C(O)C(F)(F)F. The predicted octanol–water partition coefficient (Wildman–Crippen LogP) is 6.40. The lowest BCUT2D eigenvalue weighted by atomic mass is 9.93. The molecule has 5 amide bonds. The number of ether oxygens (including phenoxy) is 2. The maximum Gasteiger partial charge on any atom is 0.490 e. The fourth-order valence-corrected chi connectivity index (χ4v) is 9.70. The van der Waals surface area contributed by atoms with Gasteiger partial charge in [-0.2, -0.15) is 57.9 Å². The Balaban J connectivity index is 0.00000139. The topological polar surface area (TPSA) is 432 Å². The van der Waals surface area contributed by atoms with Crippen molar-refractivity contribution < 1.29 is 126 Å². The van der Waals surface area contributed by atoms with Gasteiger partial charge in [-0.1, -0.05) is 78.8 Å². The number of amides is 5. The molecule has 2 heterocycles. The van der Waals surface area contributed by atoms with Crippen molar-refractivity contribution in [2.75, 3.05) is 46.4 Å². The van der Waals surface area contributed by atoms with E-state index in [1.807, 2.05) is 51.9 Å². The van der Waals surface area contributed by atoms with E-state index in [-0.39, 0.29) is 67.8 Å². The molecule has 14 N–H and O–H groups in total. The van der Waals surface area contributed by atoms with Crippen molar-refractivity contribution in [1.82, 2.24) is 36.1 Å². The minimum atomic E-state index is -5.08. The third-order valence-corrected chi connectivity index (χ3v) is 15.7. The van der Waals surface area contributed by atoms with E-state index in [0.717, 1.165) is 11.1 Å². The molecule has 40 heteroatoms. The summed E-state index contributed by atoms with van der Waals surface area (Å²) in [7, 11) is 5.05. The van der Waals surface area contributed by atoms with Gasteiger partial charge in [-0.15, -0.1) is 0 Å². The minimum Gasteiger partial charge on any atom is -0.492 e. The number of carbonyl (C=O) groups excluding carboxylic acids is 5. The van der Waals surface area contributed by atoms with Gasteiger partial charge in [0, 0.05) is 59.4 Å². The number of nitrogens with two attached hydrogens (primary N) is 3. The zero-order chi connectivity index (χ0) is 74.7. The summed E-state index contributed by atoms with van der Waals surface area (Å²) in [5.41, 5.74) is 22.0. The summed E-state index contributed by atoms with van der Waals surface area (Å²) < 4.78 is 139. The van der Waals surface area contributed by atoms with Gasteiger partial charge in [0.2, 0.25) is 23.6 Å². The summed E-state index contributed by atoms with van der Waals surface area (Å²) in [6.45, 7) is 12.2. The molecule has 1 aromatic heterocycles. The highest BCUT2D eigenvalue weighted by Crippen LogP contribution is 2.45. The predicted molar refractivity (Wildman–Crippen MR) is 324 cm³/mol. The van der Waals surface area contributed by atoms with Crippen LogP contribution in [-0.2, 0) is 44.8 Å². The van der Waals surface area contributed by atoms with Gasteiger partial charge < -0.3 is 73.3 Å². The molecule has 3 aromatic carbocycles. The molecule has 5 rings (SSSR count). The Hall–Kier alpha value is -9.20. The number of nitriles is 1. The number of benzene rings is 3. The van der Waals surface area contributed by atoms with Gasteiger partial charge in [0.15, 0.2) is 5.82 Å². The lowest BCUT2D eigenvalue weighted by molar-refractivity contribution is -0.193. The zero-order valence-electron chi connectivity index (χ0n) is 52.0. The maximum atomic E-state index is 14.7. The number of nitrogens with one attached hydrogen (secondary N) is 4. The molecule has 1 aliphatic rings. The Morgan fingerprint density at radius 1 is 0.732 bits per heavy atom. The molecule has 26 nitrogen and oxygen atoms in total. The molecule has 4 aromatic rings. The van der Waals surface area contributed by atoms with Crippen molar-refractivity contribution in [3.63, 3.8) is 0 Å². The molecule has 4 bridgehead atoms. The van der Waals surface area contributed by atoms with E-state index in [1.54, 1.807) is 43.3 Å². The van der Waals surface area contributed by atoms with Crippen molar-refractivity contribution in [1.29, 1.82) is 5.26 Å². The van der Waals surface area contributed by atoms with Gasteiger partial charge in [-0.3, -0.25) is 24.0 Å². The first-order valence-electron chi connectivity index (χ1n) is 27.6. The van der Waals surface area contributed by atoms with Gasteiger partial charge in [0.1, 0.15) is 55.4 Å². The number of aliphatic carboxylic acids is 4. The fraction of sp³-hybridized carbons (Fsp3) is 0.439. The number of aromatic nitrogens is 2. The van der Waals surface area contributed by atoms with Gasteiger partial charge in [0.05, 0.1) is 17.3 Å². The van der Waals surface area contributed by atoms with Gasteiger partial charge >= 0.3 is 48.6 Å². The molecule has 0 saturated heterocycles. The van der Waals surface area contributed by atoms with Gasteiger partial charge in [-0.05, 0) is 74.7 Å². The summed E-state index contributed by atoms with van der Waals surface area (Å²) in [6, 6.07) is 15.0. The maximum absolute atomic E-state index is 14.7. The molecule has 0 saturated carbocycles. The molecule has 97 heavy (non-hydrogen) atoms. The summed E-state index contributed by atoms with van der Waals surface area (Å²) in [5.74, 6) is -13.2. The molecular formula is C57H67F12N11O15S2. The smallest absolute Gasteiger partial charge is 0.490 e. The zero-order valence-corrected chi connectivity index (χ0v) is 53.7. The Bertz CT molecular complexity index is 3310. The van der Waals surface area contributed by atoms with Crippen LogP contribution in [-0.4, -0.2) is 183 Å². The third kappa shape index (κ3) is 29.8. The normalized spacial score (nSPS) is 15.3. The summed E-state index contributed by atoms with van der Waals surface area (Å²) in [6.07, 6.45) is -18.9. The van der Waals surface area contributed by atoms with E-state index in [0.29, 0.717) is 45.3 Å². The standard InChI is InChI=1S/C49H63N11O7S2.4C2HF3O2/c1-28-37(27-55-43(56-28)33-11-9-32(10-12-33)30(3)68-69-49(4,5)6)45(62)58-38(16-17-50)48(65)60(7)42-34-13-15-41(67-23-20-53)36(26-34)35-24-31(8-14-40(35)66-22-19-52)25-39(46(63)54-21-18-51)59-44(61)29(2)57-47(42)64;4*3-2(4,5)1(6)7/h8-15,24,26-27,29-30,38-39,42H,16-17,19-23,25,50,52-53H2,1-7H3,(H,54,63)(H,57,64)(H,58,62)(H,59,61);4*(H,6,7)/t29-,30-,38-,39-,42-;;;;/m0..../s1. The summed E-state index contributed by atoms with van der Waals surface area (Å²) in [5, 5.41) is 48.7. The van der Waals surface area contributed by atoms with Crippen LogP contribution in [0.25, 0.3) is 22.5 Å². The molecule has 1 aliphatic heterocycles. The number of aryl methyl sites for hydroxylation is 1. The highest BCUT2D eigenvalue weighted by Gasteiger charge is 2.41. The van der Waals surface area contributed by atoms with E-state index in [9.17, 15) is 81.9 Å². The largest absolute Gasteiger partial charge is 0.492 e. The average molecular weight is 1440 g/mol. The van der Waals surface area contributed by atoms with Crippen molar-refractivity contribution in [2.45, 2.75) is 113 Å². The van der Waals surface area contributed by atoms with Crippen molar-refractivity contribution >= 4 is 75.0 Å². The second-order valence-corrected chi connectivity index (χ2v) is 24.0. The first-order chi connectivity index (χ1) is 44.7. The van der Waals surface area contributed by atoms with Crippen LogP contribution in [0.1, 0.15) is 85.1 Å². The number of carbonyl (C=O) groups is 9. The first kappa shape index (κ1) is 85.8. The number of nitrogens with zero attached hydrogens (tertiary/aromatic N) is 4. The van der Waals surface area contributed by atoms with Crippen LogP contribution < -0.4 is 47.9 Å². The lowest BCUT2D eigenvalue weighted by Gasteiger charge is -2.32. The molecule has 0 fully saturated rings. The molecule has 0 unspecified atom stereocenters. The van der Waals surface area contributed by atoms with E-state index in [4.69, 9.17) is 66.3 Å². The number of hydrogen-bond donors (Lipinski definition) is 11. The Kier molecular flexibility index (Phi) is 34.1. The summed E-state index contributed by atoms with van der Waals surface area (Å²) >= 11 is 0. The molecule has 0 radical (unpaired) electrons. The highest BCUT2D eigenvalue weighted by atomic mass is 33.1. The van der Waals surface area contributed by atoms with Crippen LogP contribution >= 0.6 is 21.6 Å². The van der Waals surface area contributed by atoms with E-state index in [2.05, 4.69) is 58.9 Å². The number of rotatable bonds is 18. The van der Waals surface area contributed by atoms with Crippen molar-refractivity contribution in [3.8, 4) is 40.1 Å². The van der Waals surface area contributed by atoms with Crippen LogP contribution in [0.2, 0.25) is 0 Å².